The van der Waals surface area contributed by atoms with Crippen LogP contribution in [0.1, 0.15) is 62.8 Å². The Morgan fingerprint density at radius 2 is 1.61 bits per heavy atom. The van der Waals surface area contributed by atoms with E-state index in [2.05, 4.69) is 20.9 Å². The molecule has 10 nitrogen and oxygen atoms in total. The molecule has 2 aliphatic rings. The highest BCUT2D eigenvalue weighted by atomic mass is 19.1. The Morgan fingerprint density at radius 3 is 2.22 bits per heavy atom. The molecule has 1 saturated heterocycles. The summed E-state index contributed by atoms with van der Waals surface area (Å²) in [6.07, 6.45) is 2.72. The third kappa shape index (κ3) is 8.16. The predicted octanol–water partition coefficient (Wildman–Crippen LogP) is 5.22. The first-order valence-electron chi connectivity index (χ1n) is 16.8. The van der Waals surface area contributed by atoms with Crippen LogP contribution in [0.4, 0.5) is 10.1 Å². The van der Waals surface area contributed by atoms with Crippen LogP contribution in [0.5, 0.6) is 17.2 Å². The summed E-state index contributed by atoms with van der Waals surface area (Å²) in [4.78, 5) is 42.2. The minimum Gasteiger partial charge on any atom is -0.493 e. The zero-order chi connectivity index (χ0) is 35.2. The lowest BCUT2D eigenvalue weighted by Gasteiger charge is -2.33. The maximum atomic E-state index is 13.9. The highest BCUT2D eigenvalue weighted by Gasteiger charge is 2.31. The van der Waals surface area contributed by atoms with E-state index < -0.39 is 12.1 Å². The van der Waals surface area contributed by atoms with Crippen LogP contribution in [0.3, 0.4) is 0 Å². The second-order valence-corrected chi connectivity index (χ2v) is 13.1. The van der Waals surface area contributed by atoms with Crippen molar-refractivity contribution < 1.29 is 28.2 Å². The molecule has 49 heavy (non-hydrogen) atoms. The molecule has 5 rings (SSSR count). The van der Waals surface area contributed by atoms with Crippen LogP contribution in [0.15, 0.2) is 53.3 Å². The summed E-state index contributed by atoms with van der Waals surface area (Å²) >= 11 is 0. The van der Waals surface area contributed by atoms with Gasteiger partial charge in [0.05, 0.1) is 33.1 Å². The second-order valence-electron chi connectivity index (χ2n) is 13.1. The molecule has 0 aromatic heterocycles. The number of carbonyl (C=O) groups is 2. The van der Waals surface area contributed by atoms with E-state index in [1.807, 2.05) is 26.0 Å². The molecule has 262 valence electrons. The van der Waals surface area contributed by atoms with Crippen LogP contribution in [0, 0.1) is 11.7 Å². The number of ether oxygens (including phenoxy) is 3. The van der Waals surface area contributed by atoms with Crippen LogP contribution in [0.25, 0.3) is 11.1 Å². The Balaban J connectivity index is 1.41. The molecule has 11 heteroatoms. The van der Waals surface area contributed by atoms with E-state index in [0.717, 1.165) is 49.2 Å². The van der Waals surface area contributed by atoms with Crippen molar-refractivity contribution in [3.05, 3.63) is 81.3 Å². The summed E-state index contributed by atoms with van der Waals surface area (Å²) in [7, 11) is 4.67. The molecule has 2 atom stereocenters. The van der Waals surface area contributed by atoms with E-state index in [9.17, 15) is 18.8 Å². The highest BCUT2D eigenvalue weighted by Crippen LogP contribution is 2.50. The molecular formula is C38H47FN4O6. The molecule has 0 spiro atoms. The van der Waals surface area contributed by atoms with Crippen molar-refractivity contribution in [2.45, 2.75) is 71.1 Å². The maximum absolute atomic E-state index is 13.9. The zero-order valence-electron chi connectivity index (χ0n) is 29.2. The monoisotopic (exact) mass is 674 g/mol. The predicted molar refractivity (Wildman–Crippen MR) is 188 cm³/mol. The molecule has 0 saturated carbocycles. The number of benzene rings is 2. The van der Waals surface area contributed by atoms with Gasteiger partial charge < -0.3 is 30.2 Å². The van der Waals surface area contributed by atoms with Gasteiger partial charge in [0, 0.05) is 38.2 Å². The third-order valence-corrected chi connectivity index (χ3v) is 9.43. The Morgan fingerprint density at radius 1 is 0.918 bits per heavy atom. The standard InChI is InChI=1S/C38H47FN4O6/c1-22(2)35(38(46)41-27-15-17-43(18-16-27)21-24-7-10-26(39)11-8-24)42-31-14-12-28-29(20-32(31)45)30(40-23(3)44)13-9-25-19-33(47-4)36(48-5)37(49-6)34(25)28/h7-8,10-12,14,19-20,22,27,30,35H,9,13,15-18,21H2,1-6H3,(H,40,44)(H,41,46)(H,42,45)/t30-,35-/m0/s1. The lowest BCUT2D eigenvalue weighted by atomic mass is 9.95. The Hall–Kier alpha value is -4.64. The van der Waals surface area contributed by atoms with Gasteiger partial charge in [-0.25, -0.2) is 4.39 Å². The largest absolute Gasteiger partial charge is 0.493 e. The van der Waals surface area contributed by atoms with Gasteiger partial charge in [0.1, 0.15) is 11.9 Å². The van der Waals surface area contributed by atoms with Crippen LogP contribution in [-0.2, 0) is 22.6 Å². The number of amides is 2. The number of rotatable bonds is 11. The van der Waals surface area contributed by atoms with Crippen molar-refractivity contribution in [3.63, 3.8) is 0 Å². The number of fused-ring (bicyclic) bond motifs is 3. The van der Waals surface area contributed by atoms with Gasteiger partial charge in [-0.15, -0.1) is 0 Å². The van der Waals surface area contributed by atoms with E-state index >= 15 is 0 Å². The smallest absolute Gasteiger partial charge is 0.242 e. The van der Waals surface area contributed by atoms with Gasteiger partial charge in [-0.3, -0.25) is 19.3 Å². The summed E-state index contributed by atoms with van der Waals surface area (Å²) in [5.41, 5.74) is 4.08. The van der Waals surface area contributed by atoms with Gasteiger partial charge in [-0.05, 0) is 84.2 Å². The van der Waals surface area contributed by atoms with Crippen LogP contribution < -0.4 is 35.6 Å². The number of anilines is 1. The normalized spacial score (nSPS) is 16.9. The van der Waals surface area contributed by atoms with Crippen LogP contribution >= 0.6 is 0 Å². The molecule has 0 bridgehead atoms. The van der Waals surface area contributed by atoms with Crippen molar-refractivity contribution in [2.24, 2.45) is 5.92 Å². The molecular weight excluding hydrogens is 627 g/mol. The first kappa shape index (κ1) is 35.7. The molecule has 1 aliphatic heterocycles. The van der Waals surface area contributed by atoms with Gasteiger partial charge in [-0.1, -0.05) is 32.0 Å². The van der Waals surface area contributed by atoms with E-state index in [1.165, 1.54) is 19.1 Å². The Labute approximate surface area is 287 Å². The number of nitrogens with zero attached hydrogens (tertiary/aromatic N) is 1. The molecule has 2 amide bonds. The first-order valence-corrected chi connectivity index (χ1v) is 16.8. The van der Waals surface area contributed by atoms with Gasteiger partial charge in [0.15, 0.2) is 11.5 Å². The van der Waals surface area contributed by atoms with Crippen molar-refractivity contribution >= 4 is 17.5 Å². The van der Waals surface area contributed by atoms with Gasteiger partial charge in [0.25, 0.3) is 0 Å². The van der Waals surface area contributed by atoms with E-state index in [0.29, 0.717) is 41.2 Å². The summed E-state index contributed by atoms with van der Waals surface area (Å²) < 4.78 is 30.5. The molecule has 3 aromatic rings. The number of hydrogen-bond acceptors (Lipinski definition) is 8. The zero-order valence-corrected chi connectivity index (χ0v) is 29.2. The number of aryl methyl sites for hydroxylation is 1. The Bertz CT molecular complexity index is 1720. The third-order valence-electron chi connectivity index (χ3n) is 9.43. The van der Waals surface area contributed by atoms with Crippen LogP contribution in [0.2, 0.25) is 0 Å². The number of hydrogen-bond donors (Lipinski definition) is 3. The average molecular weight is 675 g/mol. The van der Waals surface area contributed by atoms with E-state index in [-0.39, 0.29) is 40.7 Å². The number of piperidine rings is 1. The minimum atomic E-state index is -0.663. The molecule has 3 aromatic carbocycles. The van der Waals surface area contributed by atoms with Crippen molar-refractivity contribution in [1.29, 1.82) is 0 Å². The number of carbonyl (C=O) groups excluding carboxylic acids is 2. The number of likely N-dealkylation sites (tertiary alicyclic amines) is 1. The second kappa shape index (κ2) is 15.7. The fourth-order valence-corrected chi connectivity index (χ4v) is 6.90. The minimum absolute atomic E-state index is 0.00374. The molecule has 0 radical (unpaired) electrons. The highest BCUT2D eigenvalue weighted by molar-refractivity contribution is 5.86. The molecule has 3 N–H and O–H groups in total. The van der Waals surface area contributed by atoms with Crippen LogP contribution in [-0.4, -0.2) is 63.2 Å². The summed E-state index contributed by atoms with van der Waals surface area (Å²) in [6, 6.07) is 12.5. The molecule has 0 unspecified atom stereocenters. The van der Waals surface area contributed by atoms with Crippen molar-refractivity contribution in [1.82, 2.24) is 15.5 Å². The SMILES string of the molecule is COc1cc2c(c(OC)c1OC)-c1ccc(N[C@H](C(=O)NC3CCN(Cc4ccc(F)cc4)CC3)C(C)C)c(=O)cc1[C@@H](NC(C)=O)CC2. The van der Waals surface area contributed by atoms with Gasteiger partial charge >= 0.3 is 0 Å². The maximum Gasteiger partial charge on any atom is 0.242 e. The summed E-state index contributed by atoms with van der Waals surface area (Å²) in [5.74, 6) is 0.678. The number of methoxy groups -OCH3 is 3. The Kier molecular flexibility index (Phi) is 11.4. The fourth-order valence-electron chi connectivity index (χ4n) is 6.90. The number of nitrogens with one attached hydrogen (secondary N) is 3. The number of halogens is 1. The molecule has 1 heterocycles. The van der Waals surface area contributed by atoms with E-state index in [4.69, 9.17) is 14.2 Å². The lowest BCUT2D eigenvalue weighted by Crippen LogP contribution is -2.50. The van der Waals surface area contributed by atoms with Gasteiger partial charge in [0.2, 0.25) is 23.0 Å². The fraction of sp³-hybridized carbons (Fsp3) is 0.447. The van der Waals surface area contributed by atoms with E-state index in [1.54, 1.807) is 45.6 Å². The average Bonchev–Trinajstić information content (AvgIpc) is 3.32. The topological polar surface area (TPSA) is 118 Å². The molecule has 1 aliphatic carbocycles. The van der Waals surface area contributed by atoms with Gasteiger partial charge in [-0.2, -0.15) is 0 Å². The van der Waals surface area contributed by atoms with Crippen molar-refractivity contribution in [3.8, 4) is 28.4 Å². The van der Waals surface area contributed by atoms with Crippen molar-refractivity contribution in [2.75, 3.05) is 39.7 Å². The quantitative estimate of drug-likeness (QED) is 0.254. The summed E-state index contributed by atoms with van der Waals surface area (Å²) in [5, 5.41) is 9.50. The summed E-state index contributed by atoms with van der Waals surface area (Å²) in [6.45, 7) is 7.70. The lowest BCUT2D eigenvalue weighted by molar-refractivity contribution is -0.123. The molecule has 1 fully saturated rings. The first-order chi connectivity index (χ1) is 23.5.